The van der Waals surface area contributed by atoms with Crippen LogP contribution in [0.5, 0.6) is 0 Å². The van der Waals surface area contributed by atoms with Crippen molar-refractivity contribution in [2.45, 2.75) is 10.4 Å². The van der Waals surface area contributed by atoms with Crippen LogP contribution >= 0.6 is 27.5 Å². The molecule has 0 unspecified atom stereocenters. The molecule has 22 heavy (non-hydrogen) atoms. The van der Waals surface area contributed by atoms with E-state index in [1.807, 2.05) is 0 Å². The number of hydrogen-bond donors (Lipinski definition) is 0. The van der Waals surface area contributed by atoms with Gasteiger partial charge in [0, 0.05) is 12.3 Å². The number of sulfone groups is 1. The van der Waals surface area contributed by atoms with Crippen molar-refractivity contribution >= 4 is 37.4 Å². The molecule has 1 aromatic heterocycles. The molecule has 0 aliphatic heterocycles. The van der Waals surface area contributed by atoms with Crippen molar-refractivity contribution in [3.05, 3.63) is 39.6 Å². The van der Waals surface area contributed by atoms with Crippen LogP contribution < -0.4 is 0 Å². The zero-order chi connectivity index (χ0) is 16.7. The summed E-state index contributed by atoms with van der Waals surface area (Å²) in [6.45, 7) is 0. The van der Waals surface area contributed by atoms with E-state index < -0.39 is 20.2 Å². The Morgan fingerprint density at radius 1 is 1.45 bits per heavy atom. The summed E-state index contributed by atoms with van der Waals surface area (Å²) < 4.78 is 61.8. The molecule has 0 N–H and O–H groups in total. The average molecular weight is 414 g/mol. The van der Waals surface area contributed by atoms with Crippen LogP contribution in [0.4, 0.5) is 13.2 Å². The second-order valence-corrected chi connectivity index (χ2v) is 7.04. The predicted molar refractivity (Wildman–Crippen MR) is 73.1 cm³/mol. The molecular weight excluding hydrogens is 411 g/mol. The Bertz CT molecular complexity index is 887. The van der Waals surface area contributed by atoms with Crippen LogP contribution in [0.2, 0.25) is 5.02 Å². The molecule has 0 spiro atoms. The third-order valence-corrected chi connectivity index (χ3v) is 4.83. The molecule has 0 atom stereocenters. The maximum atomic E-state index is 12.6. The first kappa shape index (κ1) is 16.8. The summed E-state index contributed by atoms with van der Waals surface area (Å²) in [7, 11) is -5.54. The molecule has 0 aliphatic rings. The van der Waals surface area contributed by atoms with E-state index in [2.05, 4.69) is 27.1 Å². The molecule has 0 bridgehead atoms. The first-order chi connectivity index (χ1) is 10.1. The Kier molecular flexibility index (Phi) is 4.25. The Labute approximate surface area is 136 Å². The molecule has 0 amide bonds. The predicted octanol–water partition coefficient (Wildman–Crippen LogP) is 3.25. The Morgan fingerprint density at radius 3 is 2.59 bits per heavy atom. The molecule has 0 saturated heterocycles. The molecule has 1 radical (unpaired) electrons. The molecule has 0 fully saturated rings. The highest BCUT2D eigenvalue weighted by molar-refractivity contribution is 9.10. The second-order valence-electron chi connectivity index (χ2n) is 3.87. The van der Waals surface area contributed by atoms with Gasteiger partial charge < -0.3 is 0 Å². The molecule has 11 heteroatoms. The number of halogens is 5. The summed E-state index contributed by atoms with van der Waals surface area (Å²) >= 11 is 8.84. The van der Waals surface area contributed by atoms with Crippen molar-refractivity contribution in [2.24, 2.45) is 0 Å². The van der Waals surface area contributed by atoms with Crippen molar-refractivity contribution in [2.75, 3.05) is 0 Å². The molecule has 0 saturated carbocycles. The van der Waals surface area contributed by atoms with Gasteiger partial charge in [0.15, 0.2) is 5.69 Å². The van der Waals surface area contributed by atoms with Gasteiger partial charge in [-0.15, -0.1) is 0 Å². The number of benzene rings is 1. The van der Waals surface area contributed by atoms with E-state index in [-0.39, 0.29) is 20.9 Å². The minimum absolute atomic E-state index is 0.0415. The molecule has 115 valence electrons. The first-order valence-corrected chi connectivity index (χ1v) is 7.91. The molecule has 1 aromatic carbocycles. The SMILES string of the molecule is N#Cc1nn(-c2cc(S(=O)(=O)C(F)(F)F)c[c]c2Cl)cc1Br. The number of nitriles is 1. The van der Waals surface area contributed by atoms with Crippen molar-refractivity contribution in [1.29, 1.82) is 5.26 Å². The molecule has 2 aromatic rings. The molecule has 5 nitrogen and oxygen atoms in total. The van der Waals surface area contributed by atoms with Crippen LogP contribution in [0.15, 0.2) is 27.7 Å². The van der Waals surface area contributed by atoms with Gasteiger partial charge in [-0.3, -0.25) is 0 Å². The molecular formula is C11H3BrClF3N3O2S. The largest absolute Gasteiger partial charge is 0.501 e. The van der Waals surface area contributed by atoms with Gasteiger partial charge in [-0.2, -0.15) is 23.5 Å². The summed E-state index contributed by atoms with van der Waals surface area (Å²) in [6.07, 6.45) is 1.26. The second kappa shape index (κ2) is 5.57. The standard InChI is InChI=1S/C11H3BrClF3N3O2S/c12-7-5-19(18-9(7)4-17)10-3-6(1-2-8(10)13)22(20,21)11(14,15)16/h1,3,5H. The van der Waals surface area contributed by atoms with Gasteiger partial charge >= 0.3 is 5.51 Å². The Hall–Kier alpha value is -1.57. The summed E-state index contributed by atoms with van der Waals surface area (Å²) in [5.74, 6) is 0. The lowest BCUT2D eigenvalue weighted by molar-refractivity contribution is -0.0436. The summed E-state index contributed by atoms with van der Waals surface area (Å²) in [5.41, 5.74) is -5.65. The average Bonchev–Trinajstić information content (AvgIpc) is 2.78. The van der Waals surface area contributed by atoms with E-state index in [9.17, 15) is 21.6 Å². The fraction of sp³-hybridized carbons (Fsp3) is 0.0909. The molecule has 1 heterocycles. The van der Waals surface area contributed by atoms with E-state index in [4.69, 9.17) is 16.9 Å². The maximum absolute atomic E-state index is 12.6. The third kappa shape index (κ3) is 2.84. The van der Waals surface area contributed by atoms with Gasteiger partial charge in [-0.1, -0.05) is 11.6 Å². The third-order valence-electron chi connectivity index (χ3n) is 2.48. The normalized spacial score (nSPS) is 12.2. The highest BCUT2D eigenvalue weighted by atomic mass is 79.9. The lowest BCUT2D eigenvalue weighted by atomic mass is 10.3. The van der Waals surface area contributed by atoms with Crippen LogP contribution in [0.3, 0.4) is 0 Å². The monoisotopic (exact) mass is 412 g/mol. The van der Waals surface area contributed by atoms with Crippen molar-refractivity contribution in [1.82, 2.24) is 9.78 Å². The fourth-order valence-corrected chi connectivity index (χ4v) is 2.76. The summed E-state index contributed by atoms with van der Waals surface area (Å²) in [4.78, 5) is -1.02. The van der Waals surface area contributed by atoms with Crippen LogP contribution in [-0.4, -0.2) is 23.7 Å². The van der Waals surface area contributed by atoms with Gasteiger partial charge in [0.25, 0.3) is 9.84 Å². The fourth-order valence-electron chi connectivity index (χ4n) is 1.46. The lowest BCUT2D eigenvalue weighted by Crippen LogP contribution is -2.23. The minimum Gasteiger partial charge on any atom is -0.237 e. The van der Waals surface area contributed by atoms with Gasteiger partial charge in [-0.25, -0.2) is 13.1 Å². The lowest BCUT2D eigenvalue weighted by Gasteiger charge is -2.10. The van der Waals surface area contributed by atoms with Gasteiger partial charge in [0.2, 0.25) is 0 Å². The summed E-state index contributed by atoms with van der Waals surface area (Å²) in [5, 5.41) is 12.4. The Morgan fingerprint density at radius 2 is 2.09 bits per heavy atom. The van der Waals surface area contributed by atoms with Crippen molar-refractivity contribution < 1.29 is 21.6 Å². The van der Waals surface area contributed by atoms with Gasteiger partial charge in [0.1, 0.15) is 6.07 Å². The molecule has 2 rings (SSSR count). The van der Waals surface area contributed by atoms with Crippen LogP contribution in [-0.2, 0) is 9.84 Å². The van der Waals surface area contributed by atoms with Crippen LogP contribution in [0.1, 0.15) is 5.69 Å². The van der Waals surface area contributed by atoms with Crippen molar-refractivity contribution in [3.8, 4) is 11.8 Å². The Balaban J connectivity index is 2.65. The highest BCUT2D eigenvalue weighted by Crippen LogP contribution is 2.33. The van der Waals surface area contributed by atoms with Gasteiger partial charge in [0.05, 0.1) is 20.1 Å². The van der Waals surface area contributed by atoms with E-state index in [1.54, 1.807) is 6.07 Å². The molecule has 0 aliphatic carbocycles. The smallest absolute Gasteiger partial charge is 0.237 e. The first-order valence-electron chi connectivity index (χ1n) is 5.26. The van der Waals surface area contributed by atoms with Crippen LogP contribution in [0.25, 0.3) is 5.69 Å². The van der Waals surface area contributed by atoms with E-state index in [0.717, 1.165) is 4.68 Å². The summed E-state index contributed by atoms with van der Waals surface area (Å²) in [6, 6.07) is 5.30. The van der Waals surface area contributed by atoms with E-state index >= 15 is 0 Å². The number of hydrogen-bond acceptors (Lipinski definition) is 4. The quantitative estimate of drug-likeness (QED) is 0.757. The van der Waals surface area contributed by atoms with Crippen molar-refractivity contribution in [3.63, 3.8) is 0 Å². The number of aromatic nitrogens is 2. The van der Waals surface area contributed by atoms with E-state index in [1.165, 1.54) is 6.20 Å². The van der Waals surface area contributed by atoms with Crippen LogP contribution in [0, 0.1) is 17.4 Å². The number of rotatable bonds is 2. The number of nitrogens with zero attached hydrogens (tertiary/aromatic N) is 3. The maximum Gasteiger partial charge on any atom is 0.501 e. The zero-order valence-corrected chi connectivity index (χ0v) is 13.3. The van der Waals surface area contributed by atoms with E-state index in [0.29, 0.717) is 12.1 Å². The highest BCUT2D eigenvalue weighted by Gasteiger charge is 2.47. The topological polar surface area (TPSA) is 75.8 Å². The van der Waals surface area contributed by atoms with Gasteiger partial charge in [-0.05, 0) is 28.1 Å². The zero-order valence-electron chi connectivity index (χ0n) is 10.2. The number of alkyl halides is 3. The minimum atomic E-state index is -5.54.